The fourth-order valence-corrected chi connectivity index (χ4v) is 3.41. The summed E-state index contributed by atoms with van der Waals surface area (Å²) in [4.78, 5) is 27.6. The first-order valence-corrected chi connectivity index (χ1v) is 9.34. The lowest BCUT2D eigenvalue weighted by Gasteiger charge is -2.29. The topological polar surface area (TPSA) is 109 Å². The van der Waals surface area contributed by atoms with Gasteiger partial charge in [0.2, 0.25) is 0 Å². The monoisotopic (exact) mass is 385 g/mol. The van der Waals surface area contributed by atoms with E-state index in [2.05, 4.69) is 32.8 Å². The Hall–Kier alpha value is -3.07. The Morgan fingerprint density at radius 1 is 1.18 bits per heavy atom. The number of fused-ring (bicyclic) bond motifs is 1. The number of para-hydroxylation sites is 1. The third-order valence-electron chi connectivity index (χ3n) is 4.98. The van der Waals surface area contributed by atoms with Crippen molar-refractivity contribution < 1.29 is 19.1 Å². The lowest BCUT2D eigenvalue weighted by Crippen LogP contribution is -2.43. The van der Waals surface area contributed by atoms with Gasteiger partial charge in [-0.05, 0) is 45.1 Å². The maximum atomic E-state index is 12.8. The van der Waals surface area contributed by atoms with Crippen LogP contribution >= 0.6 is 0 Å². The average molecular weight is 385 g/mol. The van der Waals surface area contributed by atoms with E-state index in [0.29, 0.717) is 36.0 Å². The number of anilines is 1. The predicted octanol–water partition coefficient (Wildman–Crippen LogP) is 1.26. The van der Waals surface area contributed by atoms with Gasteiger partial charge in [-0.3, -0.25) is 14.7 Å². The summed E-state index contributed by atoms with van der Waals surface area (Å²) >= 11 is 0. The van der Waals surface area contributed by atoms with Crippen LogP contribution in [0.2, 0.25) is 0 Å². The quantitative estimate of drug-likeness (QED) is 0.731. The van der Waals surface area contributed by atoms with Crippen LogP contribution in [0.15, 0.2) is 24.4 Å². The maximum Gasteiger partial charge on any atom is 0.271 e. The number of ether oxygens (including phenoxy) is 2. The van der Waals surface area contributed by atoms with Crippen molar-refractivity contribution in [1.82, 2.24) is 20.4 Å². The van der Waals surface area contributed by atoms with Gasteiger partial charge >= 0.3 is 0 Å². The summed E-state index contributed by atoms with van der Waals surface area (Å²) in [7, 11) is 2.07. The van der Waals surface area contributed by atoms with Crippen molar-refractivity contribution in [3.8, 4) is 11.5 Å². The molecule has 0 saturated carbocycles. The molecule has 0 unspecified atom stereocenters. The third-order valence-corrected chi connectivity index (χ3v) is 4.98. The highest BCUT2D eigenvalue weighted by molar-refractivity contribution is 6.09. The highest BCUT2D eigenvalue weighted by Gasteiger charge is 2.24. The second-order valence-corrected chi connectivity index (χ2v) is 6.99. The summed E-state index contributed by atoms with van der Waals surface area (Å²) in [6, 6.07) is 5.25. The van der Waals surface area contributed by atoms with Crippen LogP contribution in [0.25, 0.3) is 0 Å². The Morgan fingerprint density at radius 2 is 1.96 bits per heavy atom. The highest BCUT2D eigenvalue weighted by Crippen LogP contribution is 2.34. The normalized spacial score (nSPS) is 17.2. The number of piperidine rings is 1. The number of carbonyl (C=O) groups is 2. The largest absolute Gasteiger partial charge is 0.486 e. The van der Waals surface area contributed by atoms with E-state index in [1.165, 1.54) is 6.20 Å². The van der Waals surface area contributed by atoms with E-state index >= 15 is 0 Å². The van der Waals surface area contributed by atoms with E-state index < -0.39 is 5.91 Å². The molecule has 4 rings (SSSR count). The van der Waals surface area contributed by atoms with Crippen molar-refractivity contribution in [1.29, 1.82) is 0 Å². The summed E-state index contributed by atoms with van der Waals surface area (Å²) in [5.74, 6) is 0.271. The highest BCUT2D eigenvalue weighted by atomic mass is 16.6. The van der Waals surface area contributed by atoms with Gasteiger partial charge in [0.25, 0.3) is 11.8 Å². The van der Waals surface area contributed by atoms with Crippen LogP contribution in [0.4, 0.5) is 5.69 Å². The number of benzene rings is 1. The number of carbonyl (C=O) groups excluding carboxylic acids is 2. The summed E-state index contributed by atoms with van der Waals surface area (Å²) in [6.45, 7) is 2.71. The zero-order valence-electron chi connectivity index (χ0n) is 15.7. The Kier molecular flexibility index (Phi) is 5.16. The number of amides is 2. The van der Waals surface area contributed by atoms with Gasteiger partial charge in [-0.2, -0.15) is 5.10 Å². The standard InChI is InChI=1S/C19H23N5O4/c1-24-7-5-12(6-8-24)21-19(26)16-14(11-20-23-16)22-18(25)13-3-2-4-15-17(13)28-10-9-27-15/h2-4,11-12H,5-10H2,1H3,(H,20,23)(H,21,26)(H,22,25). The number of nitrogens with one attached hydrogen (secondary N) is 3. The third kappa shape index (κ3) is 3.79. The number of likely N-dealkylation sites (tertiary alicyclic amines) is 1. The molecule has 1 fully saturated rings. The molecule has 2 aliphatic rings. The van der Waals surface area contributed by atoms with Crippen molar-refractivity contribution in [3.63, 3.8) is 0 Å². The Morgan fingerprint density at radius 3 is 2.79 bits per heavy atom. The zero-order valence-corrected chi connectivity index (χ0v) is 15.7. The van der Waals surface area contributed by atoms with Gasteiger partial charge in [-0.1, -0.05) is 6.07 Å². The SMILES string of the molecule is CN1CCC(NC(=O)c2[nH]ncc2NC(=O)c2cccc3c2OCCO3)CC1. The van der Waals surface area contributed by atoms with Gasteiger partial charge in [0.05, 0.1) is 17.4 Å². The predicted molar refractivity (Wildman–Crippen MR) is 102 cm³/mol. The van der Waals surface area contributed by atoms with E-state index in [1.54, 1.807) is 18.2 Å². The van der Waals surface area contributed by atoms with Gasteiger partial charge in [0, 0.05) is 6.04 Å². The van der Waals surface area contributed by atoms with Crippen LogP contribution in [0.1, 0.15) is 33.7 Å². The molecule has 148 valence electrons. The second kappa shape index (κ2) is 7.89. The Labute approximate surface area is 162 Å². The number of nitrogens with zero attached hydrogens (tertiary/aromatic N) is 2. The van der Waals surface area contributed by atoms with E-state index in [-0.39, 0.29) is 17.6 Å². The van der Waals surface area contributed by atoms with Crippen molar-refractivity contribution in [2.24, 2.45) is 0 Å². The van der Waals surface area contributed by atoms with E-state index in [9.17, 15) is 9.59 Å². The Balaban J connectivity index is 1.46. The smallest absolute Gasteiger partial charge is 0.271 e. The average Bonchev–Trinajstić information content (AvgIpc) is 3.17. The molecule has 1 saturated heterocycles. The van der Waals surface area contributed by atoms with Crippen LogP contribution in [0.5, 0.6) is 11.5 Å². The van der Waals surface area contributed by atoms with Crippen molar-refractivity contribution in [2.75, 3.05) is 38.7 Å². The molecule has 2 aromatic rings. The number of aromatic amines is 1. The van der Waals surface area contributed by atoms with E-state index in [4.69, 9.17) is 9.47 Å². The fraction of sp³-hybridized carbons (Fsp3) is 0.421. The van der Waals surface area contributed by atoms with Crippen molar-refractivity contribution in [2.45, 2.75) is 18.9 Å². The molecule has 1 aromatic heterocycles. The molecule has 1 aromatic carbocycles. The molecule has 0 atom stereocenters. The van der Waals surface area contributed by atoms with Gasteiger partial charge in [0.1, 0.15) is 18.9 Å². The molecule has 9 heteroatoms. The summed E-state index contributed by atoms with van der Waals surface area (Å²) < 4.78 is 11.1. The lowest BCUT2D eigenvalue weighted by atomic mass is 10.1. The summed E-state index contributed by atoms with van der Waals surface area (Å²) in [5, 5.41) is 12.4. The van der Waals surface area contributed by atoms with Gasteiger partial charge in [-0.25, -0.2) is 0 Å². The van der Waals surface area contributed by atoms with Crippen molar-refractivity contribution >= 4 is 17.5 Å². The lowest BCUT2D eigenvalue weighted by molar-refractivity contribution is 0.0912. The van der Waals surface area contributed by atoms with Crippen molar-refractivity contribution in [3.05, 3.63) is 35.7 Å². The van der Waals surface area contributed by atoms with Gasteiger partial charge < -0.3 is 25.0 Å². The van der Waals surface area contributed by atoms with E-state index in [0.717, 1.165) is 25.9 Å². The fourth-order valence-electron chi connectivity index (χ4n) is 3.41. The molecule has 0 aliphatic carbocycles. The minimum Gasteiger partial charge on any atom is -0.486 e. The van der Waals surface area contributed by atoms with Gasteiger partial charge in [0.15, 0.2) is 11.5 Å². The first-order valence-electron chi connectivity index (χ1n) is 9.34. The molecule has 9 nitrogen and oxygen atoms in total. The number of H-pyrrole nitrogens is 1. The van der Waals surface area contributed by atoms with Crippen LogP contribution in [0, 0.1) is 0 Å². The molecule has 28 heavy (non-hydrogen) atoms. The van der Waals surface area contributed by atoms with Crippen LogP contribution in [-0.4, -0.2) is 66.3 Å². The molecule has 3 heterocycles. The molecule has 0 bridgehead atoms. The zero-order chi connectivity index (χ0) is 19.5. The number of hydrogen-bond donors (Lipinski definition) is 3. The van der Waals surface area contributed by atoms with Crippen LogP contribution in [-0.2, 0) is 0 Å². The molecular weight excluding hydrogens is 362 g/mol. The molecule has 2 amide bonds. The minimum atomic E-state index is -0.392. The second-order valence-electron chi connectivity index (χ2n) is 6.99. The molecule has 2 aliphatic heterocycles. The van der Waals surface area contributed by atoms with Crippen LogP contribution in [0.3, 0.4) is 0 Å². The number of hydrogen-bond acceptors (Lipinski definition) is 6. The van der Waals surface area contributed by atoms with E-state index in [1.807, 2.05) is 0 Å². The maximum absolute atomic E-state index is 12.8. The molecule has 0 radical (unpaired) electrons. The Bertz CT molecular complexity index is 873. The first-order chi connectivity index (χ1) is 13.6. The summed E-state index contributed by atoms with van der Waals surface area (Å²) in [6.07, 6.45) is 3.21. The number of aromatic nitrogens is 2. The molecule has 0 spiro atoms. The number of rotatable bonds is 4. The molecular formula is C19H23N5O4. The summed E-state index contributed by atoms with van der Waals surface area (Å²) in [5.41, 5.74) is 0.902. The minimum absolute atomic E-state index is 0.113. The van der Waals surface area contributed by atoms with Crippen LogP contribution < -0.4 is 20.1 Å². The molecule has 3 N–H and O–H groups in total. The first kappa shape index (κ1) is 18.3. The van der Waals surface area contributed by atoms with Gasteiger partial charge in [-0.15, -0.1) is 0 Å².